The molecule has 0 saturated carbocycles. The number of nitrogens with one attached hydrogen (secondary N) is 1. The zero-order valence-electron chi connectivity index (χ0n) is 18.7. The van der Waals surface area contributed by atoms with Crippen LogP contribution in [0.3, 0.4) is 0 Å². The minimum atomic E-state index is -4.55. The summed E-state index contributed by atoms with van der Waals surface area (Å²) >= 11 is 5.92. The molecule has 2 aliphatic rings. The molecule has 177 valence electrons. The van der Waals surface area contributed by atoms with Gasteiger partial charge >= 0.3 is 6.18 Å². The maximum Gasteiger partial charge on any atom is 0.417 e. The van der Waals surface area contributed by atoms with E-state index in [1.165, 1.54) is 18.2 Å². The third-order valence-electron chi connectivity index (χ3n) is 6.89. The molecule has 1 radical (unpaired) electrons. The molecular weight excluding hydrogens is 466 g/mol. The van der Waals surface area contributed by atoms with Crippen LogP contribution in [0.25, 0.3) is 11.0 Å². The molecule has 2 aromatic carbocycles. The van der Waals surface area contributed by atoms with Crippen LogP contribution in [0.2, 0.25) is 5.02 Å². The van der Waals surface area contributed by atoms with Crippen molar-refractivity contribution in [3.05, 3.63) is 87.6 Å². The molecule has 1 N–H and O–H groups in total. The van der Waals surface area contributed by atoms with Crippen LogP contribution < -0.4 is 0 Å². The van der Waals surface area contributed by atoms with Gasteiger partial charge in [0.1, 0.15) is 11.6 Å². The van der Waals surface area contributed by atoms with Gasteiger partial charge in [-0.05, 0) is 74.6 Å². The maximum absolute atomic E-state index is 13.8. The molecule has 0 amide bonds. The quantitative estimate of drug-likeness (QED) is 0.387. The monoisotopic (exact) mass is 488 g/mol. The van der Waals surface area contributed by atoms with Crippen molar-refractivity contribution in [3.8, 4) is 0 Å². The molecule has 34 heavy (non-hydrogen) atoms. The standard InChI is InChI=1S/C26H23ClF4N3/c1-15-7-8-17(16-5-3-6-18(28)11-16)12-23(15)34-10-4-9-25(34,2)24-32-21-13-19(26(29,30)31)20(27)14-22(21)33-24/h3,5-7,11,13-14,17H,4,8-10H2,1-2H3,(H,32,33)/t17?,25-/m0/s1. The van der Waals surface area contributed by atoms with Crippen LogP contribution in [0, 0.1) is 11.9 Å². The van der Waals surface area contributed by atoms with Gasteiger partial charge in [0.15, 0.2) is 0 Å². The van der Waals surface area contributed by atoms with Crippen molar-refractivity contribution in [3.63, 3.8) is 0 Å². The van der Waals surface area contributed by atoms with Gasteiger partial charge in [0.2, 0.25) is 0 Å². The summed E-state index contributed by atoms with van der Waals surface area (Å²) in [5.74, 6) is 0.228. The Morgan fingerprint density at radius 2 is 2.03 bits per heavy atom. The maximum atomic E-state index is 13.8. The lowest BCUT2D eigenvalue weighted by molar-refractivity contribution is -0.137. The Hall–Kier alpha value is -2.80. The average molecular weight is 489 g/mol. The molecule has 1 aromatic heterocycles. The first-order valence-electron chi connectivity index (χ1n) is 11.2. The third kappa shape index (κ3) is 3.90. The van der Waals surface area contributed by atoms with Gasteiger partial charge in [-0.1, -0.05) is 29.8 Å². The molecule has 1 saturated heterocycles. The van der Waals surface area contributed by atoms with E-state index in [0.29, 0.717) is 11.3 Å². The van der Waals surface area contributed by atoms with Crippen molar-refractivity contribution in [1.82, 2.24) is 14.9 Å². The number of alkyl halides is 3. The zero-order chi connectivity index (χ0) is 24.3. The number of rotatable bonds is 3. The molecule has 2 heterocycles. The lowest BCUT2D eigenvalue weighted by atomic mass is 9.87. The SMILES string of the molecule is CC1=CCC(c2cccc(F)c2)[C]=C1N1CCC[C@@]1(C)c1nc2cc(C(F)(F)F)c(Cl)cc2[nH]1. The minimum absolute atomic E-state index is 0.0805. The van der Waals surface area contributed by atoms with Gasteiger partial charge < -0.3 is 9.88 Å². The highest BCUT2D eigenvalue weighted by atomic mass is 35.5. The molecule has 5 rings (SSSR count). The predicted molar refractivity (Wildman–Crippen MR) is 124 cm³/mol. The smallest absolute Gasteiger partial charge is 0.358 e. The van der Waals surface area contributed by atoms with Crippen LogP contribution in [0.5, 0.6) is 0 Å². The van der Waals surface area contributed by atoms with Crippen molar-refractivity contribution in [2.24, 2.45) is 0 Å². The van der Waals surface area contributed by atoms with E-state index >= 15 is 0 Å². The number of aromatic amines is 1. The summed E-state index contributed by atoms with van der Waals surface area (Å²) in [5, 5.41) is -0.358. The molecule has 0 spiro atoms. The fraction of sp³-hybridized carbons (Fsp3) is 0.346. The second kappa shape index (κ2) is 8.15. The molecule has 2 atom stereocenters. The predicted octanol–water partition coefficient (Wildman–Crippen LogP) is 7.51. The van der Waals surface area contributed by atoms with Crippen LogP contribution >= 0.6 is 11.6 Å². The summed E-state index contributed by atoms with van der Waals surface area (Å²) in [6.45, 7) is 4.82. The topological polar surface area (TPSA) is 31.9 Å². The molecule has 8 heteroatoms. The molecule has 1 unspecified atom stereocenters. The zero-order valence-corrected chi connectivity index (χ0v) is 19.5. The first-order valence-corrected chi connectivity index (χ1v) is 11.5. The summed E-state index contributed by atoms with van der Waals surface area (Å²) < 4.78 is 53.8. The number of halogens is 5. The fourth-order valence-electron chi connectivity index (χ4n) is 5.03. The van der Waals surface area contributed by atoms with Gasteiger partial charge in [0.05, 0.1) is 27.2 Å². The molecule has 3 nitrogen and oxygen atoms in total. The number of H-pyrrole nitrogens is 1. The van der Waals surface area contributed by atoms with Gasteiger partial charge in [-0.3, -0.25) is 0 Å². The first kappa shape index (κ1) is 23.0. The number of imidazole rings is 1. The highest BCUT2D eigenvalue weighted by Gasteiger charge is 2.43. The van der Waals surface area contributed by atoms with E-state index in [1.807, 2.05) is 19.9 Å². The van der Waals surface area contributed by atoms with Gasteiger partial charge in [0, 0.05) is 18.2 Å². The molecule has 1 fully saturated rings. The fourth-order valence-corrected chi connectivity index (χ4v) is 5.30. The Balaban J connectivity index is 1.54. The summed E-state index contributed by atoms with van der Waals surface area (Å²) in [6.07, 6.45) is 3.56. The van der Waals surface area contributed by atoms with Crippen LogP contribution in [-0.2, 0) is 11.7 Å². The van der Waals surface area contributed by atoms with Crippen molar-refractivity contribution >= 4 is 22.6 Å². The molecule has 0 bridgehead atoms. The van der Waals surface area contributed by atoms with Gasteiger partial charge in [0.25, 0.3) is 0 Å². The summed E-state index contributed by atoms with van der Waals surface area (Å²) in [4.78, 5) is 10.0. The third-order valence-corrected chi connectivity index (χ3v) is 7.21. The molecule has 1 aliphatic heterocycles. The normalized spacial score (nSPS) is 23.4. The Morgan fingerprint density at radius 3 is 2.76 bits per heavy atom. The number of likely N-dealkylation sites (tertiary alicyclic amines) is 1. The Labute approximate surface area is 200 Å². The van der Waals surface area contributed by atoms with Crippen molar-refractivity contribution in [2.75, 3.05) is 6.54 Å². The number of hydrogen-bond acceptors (Lipinski definition) is 2. The van der Waals surface area contributed by atoms with Crippen molar-refractivity contribution in [2.45, 2.75) is 50.7 Å². The Bertz CT molecular complexity index is 1320. The number of benzene rings is 2. The largest absolute Gasteiger partial charge is 0.417 e. The van der Waals surface area contributed by atoms with E-state index in [1.54, 1.807) is 6.07 Å². The number of hydrogen-bond donors (Lipinski definition) is 1. The van der Waals surface area contributed by atoms with Crippen molar-refractivity contribution < 1.29 is 17.6 Å². The van der Waals surface area contributed by atoms with Crippen LogP contribution in [0.1, 0.15) is 56.0 Å². The number of aromatic nitrogens is 2. The van der Waals surface area contributed by atoms with Gasteiger partial charge in [-0.15, -0.1) is 0 Å². The summed E-state index contributed by atoms with van der Waals surface area (Å²) in [6, 6.07) is 8.85. The molecule has 1 aliphatic carbocycles. The van der Waals surface area contributed by atoms with Crippen LogP contribution in [0.15, 0.2) is 53.7 Å². The van der Waals surface area contributed by atoms with Crippen molar-refractivity contribution in [1.29, 1.82) is 0 Å². The first-order chi connectivity index (χ1) is 16.1. The van der Waals surface area contributed by atoms with Crippen LogP contribution in [0.4, 0.5) is 17.6 Å². The van der Waals surface area contributed by atoms with Crippen LogP contribution in [-0.4, -0.2) is 21.4 Å². The highest BCUT2D eigenvalue weighted by molar-refractivity contribution is 6.32. The van der Waals surface area contributed by atoms with Gasteiger partial charge in [-0.2, -0.15) is 13.2 Å². The van der Waals surface area contributed by atoms with E-state index in [2.05, 4.69) is 27.0 Å². The lowest BCUT2D eigenvalue weighted by Crippen LogP contribution is -2.40. The van der Waals surface area contributed by atoms with E-state index in [-0.39, 0.29) is 22.3 Å². The van der Waals surface area contributed by atoms with Gasteiger partial charge in [-0.25, -0.2) is 9.37 Å². The van der Waals surface area contributed by atoms with E-state index in [9.17, 15) is 17.6 Å². The van der Waals surface area contributed by atoms with E-state index < -0.39 is 17.3 Å². The molecule has 3 aromatic rings. The second-order valence-corrected chi connectivity index (χ2v) is 9.59. The lowest BCUT2D eigenvalue weighted by Gasteiger charge is -2.39. The number of fused-ring (bicyclic) bond motifs is 1. The summed E-state index contributed by atoms with van der Waals surface area (Å²) in [7, 11) is 0. The van der Waals surface area contributed by atoms with E-state index in [4.69, 9.17) is 11.6 Å². The second-order valence-electron chi connectivity index (χ2n) is 9.18. The Morgan fingerprint density at radius 1 is 1.24 bits per heavy atom. The number of nitrogens with zero attached hydrogens (tertiary/aromatic N) is 2. The summed E-state index contributed by atoms with van der Waals surface area (Å²) in [5.41, 5.74) is 2.09. The minimum Gasteiger partial charge on any atom is -0.358 e. The average Bonchev–Trinajstić information content (AvgIpc) is 3.37. The number of allylic oxidation sites excluding steroid dienone is 3. The van der Waals surface area contributed by atoms with E-state index in [0.717, 1.165) is 48.7 Å². The highest BCUT2D eigenvalue weighted by Crippen LogP contribution is 2.45. The molecular formula is C26H23ClF4N3. The Kier molecular flexibility index (Phi) is 5.51.